The fourth-order valence-electron chi connectivity index (χ4n) is 4.73. The Balaban J connectivity index is 1.78. The number of amides is 1. The van der Waals surface area contributed by atoms with Crippen LogP contribution in [0.3, 0.4) is 0 Å². The zero-order valence-corrected chi connectivity index (χ0v) is 19.5. The van der Waals surface area contributed by atoms with E-state index in [9.17, 15) is 4.79 Å². The molecule has 4 heteroatoms. The minimum atomic E-state index is -0.0576. The van der Waals surface area contributed by atoms with E-state index in [1.807, 2.05) is 35.2 Å². The molecule has 2 aromatic rings. The molecule has 3 atom stereocenters. The van der Waals surface area contributed by atoms with Gasteiger partial charge in [-0.15, -0.1) is 0 Å². The van der Waals surface area contributed by atoms with Crippen molar-refractivity contribution in [1.29, 1.82) is 0 Å². The van der Waals surface area contributed by atoms with Crippen LogP contribution in [0.1, 0.15) is 63.5 Å². The van der Waals surface area contributed by atoms with Crippen molar-refractivity contribution in [1.82, 2.24) is 4.90 Å². The normalized spacial score (nSPS) is 22.0. The van der Waals surface area contributed by atoms with Crippen molar-refractivity contribution < 1.29 is 14.3 Å². The van der Waals surface area contributed by atoms with Crippen LogP contribution >= 0.6 is 0 Å². The van der Waals surface area contributed by atoms with Gasteiger partial charge in [0.15, 0.2) is 0 Å². The summed E-state index contributed by atoms with van der Waals surface area (Å²) in [5, 5.41) is 0. The molecule has 0 saturated carbocycles. The second-order valence-electron chi connectivity index (χ2n) is 9.00. The molecule has 1 aliphatic heterocycles. The Bertz CT molecular complexity index is 820. The molecule has 1 fully saturated rings. The summed E-state index contributed by atoms with van der Waals surface area (Å²) in [6, 6.07) is 18.7. The maximum atomic E-state index is 12.4. The lowest BCUT2D eigenvalue weighted by Crippen LogP contribution is -2.39. The van der Waals surface area contributed by atoms with Crippen LogP contribution in [0.15, 0.2) is 54.6 Å². The van der Waals surface area contributed by atoms with Gasteiger partial charge in [0, 0.05) is 26.6 Å². The van der Waals surface area contributed by atoms with E-state index in [0.717, 1.165) is 44.6 Å². The zero-order valence-electron chi connectivity index (χ0n) is 19.5. The molecule has 0 radical (unpaired) electrons. The van der Waals surface area contributed by atoms with Gasteiger partial charge in [-0.25, -0.2) is 0 Å². The van der Waals surface area contributed by atoms with Crippen LogP contribution in [-0.4, -0.2) is 36.7 Å². The van der Waals surface area contributed by atoms with Crippen LogP contribution in [0.25, 0.3) is 0 Å². The number of carbonyl (C=O) groups excluding carboxylic acids is 1. The quantitative estimate of drug-likeness (QED) is 0.511. The van der Waals surface area contributed by atoms with Crippen molar-refractivity contribution in [3.63, 3.8) is 0 Å². The maximum absolute atomic E-state index is 12.4. The summed E-state index contributed by atoms with van der Waals surface area (Å²) in [5.41, 5.74) is 2.44. The van der Waals surface area contributed by atoms with E-state index in [1.165, 1.54) is 11.1 Å². The van der Waals surface area contributed by atoms with Gasteiger partial charge in [0.05, 0.1) is 12.7 Å². The van der Waals surface area contributed by atoms with Gasteiger partial charge in [0.1, 0.15) is 5.75 Å². The summed E-state index contributed by atoms with van der Waals surface area (Å²) in [5.74, 6) is 1.93. The van der Waals surface area contributed by atoms with Gasteiger partial charge in [-0.3, -0.25) is 4.79 Å². The Labute approximate surface area is 187 Å². The second-order valence-corrected chi connectivity index (χ2v) is 9.00. The average molecular weight is 424 g/mol. The van der Waals surface area contributed by atoms with Crippen LogP contribution < -0.4 is 4.74 Å². The number of ether oxygens (including phenoxy) is 2. The smallest absolute Gasteiger partial charge is 0.219 e. The third kappa shape index (κ3) is 6.33. The monoisotopic (exact) mass is 423 g/mol. The molecule has 1 aliphatic rings. The van der Waals surface area contributed by atoms with Crippen LogP contribution in [0, 0.1) is 5.92 Å². The first-order valence-corrected chi connectivity index (χ1v) is 11.5. The Kier molecular flexibility index (Phi) is 8.14. The fraction of sp³-hybridized carbons (Fsp3) is 0.519. The molecular weight excluding hydrogens is 386 g/mol. The molecule has 2 aromatic carbocycles. The molecule has 1 heterocycles. The molecule has 0 bridgehead atoms. The van der Waals surface area contributed by atoms with Gasteiger partial charge in [-0.1, -0.05) is 49.4 Å². The topological polar surface area (TPSA) is 38.8 Å². The highest BCUT2D eigenvalue weighted by molar-refractivity contribution is 5.73. The minimum absolute atomic E-state index is 0.0576. The Morgan fingerprint density at radius 1 is 1.19 bits per heavy atom. The van der Waals surface area contributed by atoms with Gasteiger partial charge in [0.2, 0.25) is 5.91 Å². The molecule has 0 spiro atoms. The lowest BCUT2D eigenvalue weighted by atomic mass is 9.74. The summed E-state index contributed by atoms with van der Waals surface area (Å²) in [7, 11) is 1.70. The van der Waals surface area contributed by atoms with Crippen molar-refractivity contribution in [2.75, 3.05) is 20.3 Å². The number of hydrogen-bond acceptors (Lipinski definition) is 3. The number of methoxy groups -OCH3 is 1. The zero-order chi connectivity index (χ0) is 22.3. The van der Waals surface area contributed by atoms with Gasteiger partial charge in [-0.2, -0.15) is 0 Å². The molecule has 3 rings (SSSR count). The molecular formula is C27H37NO3. The van der Waals surface area contributed by atoms with Crippen molar-refractivity contribution in [2.24, 2.45) is 5.92 Å². The molecule has 0 N–H and O–H groups in total. The molecule has 0 aromatic heterocycles. The van der Waals surface area contributed by atoms with Gasteiger partial charge < -0.3 is 14.4 Å². The van der Waals surface area contributed by atoms with Crippen LogP contribution in [0.4, 0.5) is 0 Å². The van der Waals surface area contributed by atoms with Gasteiger partial charge >= 0.3 is 0 Å². The van der Waals surface area contributed by atoms with Crippen LogP contribution in [-0.2, 0) is 16.1 Å². The van der Waals surface area contributed by atoms with Crippen LogP contribution in [0.2, 0.25) is 0 Å². The number of nitrogens with zero attached hydrogens (tertiary/aromatic N) is 1. The molecule has 0 aliphatic carbocycles. The summed E-state index contributed by atoms with van der Waals surface area (Å²) in [6.45, 7) is 8.34. The number of rotatable bonds is 9. The van der Waals surface area contributed by atoms with Gasteiger partial charge in [-0.05, 0) is 67.7 Å². The van der Waals surface area contributed by atoms with Crippen molar-refractivity contribution >= 4 is 5.91 Å². The average Bonchev–Trinajstić information content (AvgIpc) is 2.79. The van der Waals surface area contributed by atoms with E-state index in [2.05, 4.69) is 38.1 Å². The highest BCUT2D eigenvalue weighted by Crippen LogP contribution is 2.41. The third-order valence-corrected chi connectivity index (χ3v) is 6.87. The first-order valence-electron chi connectivity index (χ1n) is 11.5. The van der Waals surface area contributed by atoms with E-state index < -0.39 is 0 Å². The molecule has 1 amide bonds. The molecule has 1 saturated heterocycles. The number of benzene rings is 2. The van der Waals surface area contributed by atoms with Crippen molar-refractivity contribution in [3.8, 4) is 5.75 Å². The fourth-order valence-corrected chi connectivity index (χ4v) is 4.73. The third-order valence-electron chi connectivity index (χ3n) is 6.87. The number of carbonyl (C=O) groups is 1. The Morgan fingerprint density at radius 3 is 2.52 bits per heavy atom. The van der Waals surface area contributed by atoms with Crippen LogP contribution in [0.5, 0.6) is 5.75 Å². The summed E-state index contributed by atoms with van der Waals surface area (Å²) in [6.07, 6.45) is 4.08. The lowest BCUT2D eigenvalue weighted by Gasteiger charge is -2.41. The highest BCUT2D eigenvalue weighted by Gasteiger charge is 2.36. The maximum Gasteiger partial charge on any atom is 0.219 e. The number of hydrogen-bond donors (Lipinski definition) is 0. The SMILES string of the molecule is CC[C@@]1(C)C[C@H]([C@@H](CCN(Cc2ccccc2)C(C)=O)c2ccc(OC)cc2)CCO1. The second kappa shape index (κ2) is 10.8. The largest absolute Gasteiger partial charge is 0.497 e. The summed E-state index contributed by atoms with van der Waals surface area (Å²) >= 11 is 0. The molecule has 31 heavy (non-hydrogen) atoms. The first-order chi connectivity index (χ1) is 14.9. The van der Waals surface area contributed by atoms with Gasteiger partial charge in [0.25, 0.3) is 0 Å². The van der Waals surface area contributed by atoms with Crippen molar-refractivity contribution in [3.05, 3.63) is 65.7 Å². The molecule has 0 unspecified atom stereocenters. The Morgan fingerprint density at radius 2 is 1.90 bits per heavy atom. The summed E-state index contributed by atoms with van der Waals surface area (Å²) in [4.78, 5) is 14.4. The van der Waals surface area contributed by atoms with E-state index in [0.29, 0.717) is 18.4 Å². The van der Waals surface area contributed by atoms with E-state index in [4.69, 9.17) is 9.47 Å². The lowest BCUT2D eigenvalue weighted by molar-refractivity contribution is -0.129. The summed E-state index contributed by atoms with van der Waals surface area (Å²) < 4.78 is 11.5. The first kappa shape index (κ1) is 23.3. The van der Waals surface area contributed by atoms with E-state index >= 15 is 0 Å². The standard InChI is InChI=1S/C27H37NO3/c1-5-27(3)19-24(16-18-31-27)26(23-11-13-25(30-4)14-12-23)15-17-28(21(2)29)20-22-9-7-6-8-10-22/h6-14,24,26H,5,15-20H2,1-4H3/t24-,26+,27+/m1/s1. The predicted octanol–water partition coefficient (Wildman–Crippen LogP) is 5.81. The van der Waals surface area contributed by atoms with E-state index in [1.54, 1.807) is 14.0 Å². The molecule has 4 nitrogen and oxygen atoms in total. The minimum Gasteiger partial charge on any atom is -0.497 e. The molecule has 168 valence electrons. The highest BCUT2D eigenvalue weighted by atomic mass is 16.5. The Hall–Kier alpha value is -2.33. The van der Waals surface area contributed by atoms with Crippen molar-refractivity contribution in [2.45, 2.75) is 64.5 Å². The van der Waals surface area contributed by atoms with E-state index in [-0.39, 0.29) is 11.5 Å². The predicted molar refractivity (Wildman–Crippen MR) is 125 cm³/mol.